The zero-order valence-electron chi connectivity index (χ0n) is 17.4. The number of hydrogen-bond donors (Lipinski definition) is 1. The van der Waals surface area contributed by atoms with Crippen molar-refractivity contribution in [1.82, 2.24) is 0 Å². The predicted octanol–water partition coefficient (Wildman–Crippen LogP) is 4.79. The van der Waals surface area contributed by atoms with Gasteiger partial charge in [0.2, 0.25) is 0 Å². The predicted molar refractivity (Wildman–Crippen MR) is 124 cm³/mol. The van der Waals surface area contributed by atoms with Crippen molar-refractivity contribution in [2.75, 3.05) is 22.8 Å². The number of rotatable bonds is 7. The van der Waals surface area contributed by atoms with Crippen LogP contribution in [-0.4, -0.2) is 27.5 Å². The number of nitrogens with one attached hydrogen (secondary N) is 1. The number of ether oxygens (including phenoxy) is 1. The molecule has 0 spiro atoms. The van der Waals surface area contributed by atoms with Crippen molar-refractivity contribution in [3.8, 4) is 5.75 Å². The molecule has 0 bridgehead atoms. The van der Waals surface area contributed by atoms with Crippen molar-refractivity contribution in [3.63, 3.8) is 0 Å². The van der Waals surface area contributed by atoms with Gasteiger partial charge in [-0.3, -0.25) is 9.52 Å². The lowest BCUT2D eigenvalue weighted by Gasteiger charge is -2.17. The Morgan fingerprint density at radius 3 is 2.61 bits per heavy atom. The maximum atomic E-state index is 12.9. The molecular weight excluding hydrogens is 432 g/mol. The maximum absolute atomic E-state index is 12.9. The zero-order chi connectivity index (χ0) is 22.0. The van der Waals surface area contributed by atoms with E-state index in [9.17, 15) is 13.2 Å². The van der Waals surface area contributed by atoms with Crippen LogP contribution in [0.15, 0.2) is 64.9 Å². The van der Waals surface area contributed by atoms with Gasteiger partial charge in [0.25, 0.3) is 15.9 Å². The van der Waals surface area contributed by atoms with E-state index in [0.717, 1.165) is 17.7 Å². The van der Waals surface area contributed by atoms with Gasteiger partial charge < -0.3 is 9.64 Å². The average molecular weight is 457 g/mol. The molecule has 1 aliphatic heterocycles. The van der Waals surface area contributed by atoms with Crippen LogP contribution in [0.4, 0.5) is 11.4 Å². The van der Waals surface area contributed by atoms with Crippen molar-refractivity contribution in [2.24, 2.45) is 5.92 Å². The molecule has 0 unspecified atom stereocenters. The quantitative estimate of drug-likeness (QED) is 0.555. The Kier molecular flexibility index (Phi) is 6.02. The van der Waals surface area contributed by atoms with E-state index in [2.05, 4.69) is 18.6 Å². The Labute approximate surface area is 186 Å². The molecule has 0 aliphatic carbocycles. The van der Waals surface area contributed by atoms with E-state index in [0.29, 0.717) is 35.4 Å². The summed E-state index contributed by atoms with van der Waals surface area (Å²) in [6, 6.07) is 15.3. The number of carbonyl (C=O) groups excluding carboxylic acids is 1. The fourth-order valence-electron chi connectivity index (χ4n) is 3.38. The number of thiophene rings is 1. The van der Waals surface area contributed by atoms with Gasteiger partial charge in [-0.05, 0) is 65.7 Å². The van der Waals surface area contributed by atoms with Crippen molar-refractivity contribution in [2.45, 2.75) is 25.2 Å². The summed E-state index contributed by atoms with van der Waals surface area (Å²) >= 11 is 1.40. The summed E-state index contributed by atoms with van der Waals surface area (Å²) in [5.41, 5.74) is 2.19. The number of sulfonamides is 1. The van der Waals surface area contributed by atoms with E-state index < -0.39 is 10.0 Å². The van der Waals surface area contributed by atoms with Gasteiger partial charge in [-0.2, -0.15) is 0 Å². The molecule has 0 atom stereocenters. The minimum atomic E-state index is -3.77. The SMILES string of the molecule is CC(C)COc1ccc(S(=O)(=O)Nc2ccc3c(c2)N(C(=O)c2cccs2)CC3)cc1. The molecule has 2 heterocycles. The van der Waals surface area contributed by atoms with Gasteiger partial charge in [0.1, 0.15) is 5.75 Å². The van der Waals surface area contributed by atoms with Gasteiger partial charge in [-0.1, -0.05) is 26.0 Å². The van der Waals surface area contributed by atoms with E-state index in [1.165, 1.54) is 23.5 Å². The molecule has 1 aromatic heterocycles. The van der Waals surface area contributed by atoms with E-state index in [-0.39, 0.29) is 10.8 Å². The molecule has 0 fully saturated rings. The Balaban J connectivity index is 1.52. The van der Waals surface area contributed by atoms with Gasteiger partial charge in [0.15, 0.2) is 0 Å². The van der Waals surface area contributed by atoms with Crippen LogP contribution in [-0.2, 0) is 16.4 Å². The normalized spacial score (nSPS) is 13.3. The van der Waals surface area contributed by atoms with E-state index in [1.54, 1.807) is 35.2 Å². The third-order valence-corrected chi connectivity index (χ3v) is 7.18. The Morgan fingerprint density at radius 1 is 1.16 bits per heavy atom. The monoisotopic (exact) mass is 456 g/mol. The van der Waals surface area contributed by atoms with Crippen molar-refractivity contribution < 1.29 is 17.9 Å². The molecule has 31 heavy (non-hydrogen) atoms. The zero-order valence-corrected chi connectivity index (χ0v) is 19.0. The highest BCUT2D eigenvalue weighted by Crippen LogP contribution is 2.33. The lowest BCUT2D eigenvalue weighted by molar-refractivity contribution is 0.0993. The maximum Gasteiger partial charge on any atom is 0.268 e. The molecule has 1 N–H and O–H groups in total. The first-order chi connectivity index (χ1) is 14.8. The molecule has 2 aromatic carbocycles. The molecule has 4 rings (SSSR count). The third kappa shape index (κ3) is 4.75. The summed E-state index contributed by atoms with van der Waals surface area (Å²) in [4.78, 5) is 15.3. The van der Waals surface area contributed by atoms with Crippen LogP contribution in [0.1, 0.15) is 29.1 Å². The van der Waals surface area contributed by atoms with E-state index >= 15 is 0 Å². The van der Waals surface area contributed by atoms with Crippen LogP contribution in [0.3, 0.4) is 0 Å². The fourth-order valence-corrected chi connectivity index (χ4v) is 5.10. The number of nitrogens with zero attached hydrogens (tertiary/aromatic N) is 1. The summed E-state index contributed by atoms with van der Waals surface area (Å²) in [5, 5.41) is 1.87. The smallest absolute Gasteiger partial charge is 0.268 e. The molecule has 162 valence electrons. The summed E-state index contributed by atoms with van der Waals surface area (Å²) in [6.45, 7) is 5.25. The van der Waals surface area contributed by atoms with Gasteiger partial charge in [-0.25, -0.2) is 8.42 Å². The average Bonchev–Trinajstić information content (AvgIpc) is 3.42. The Hall–Kier alpha value is -2.84. The minimum Gasteiger partial charge on any atom is -0.493 e. The number of fused-ring (bicyclic) bond motifs is 1. The number of amides is 1. The first-order valence-corrected chi connectivity index (χ1v) is 12.4. The lowest BCUT2D eigenvalue weighted by Crippen LogP contribution is -2.28. The lowest BCUT2D eigenvalue weighted by atomic mass is 10.1. The Bertz CT molecular complexity index is 1170. The molecular formula is C23H24N2O4S2. The molecule has 0 radical (unpaired) electrons. The number of anilines is 2. The summed E-state index contributed by atoms with van der Waals surface area (Å²) in [5.74, 6) is 0.954. The second-order valence-corrected chi connectivity index (χ2v) is 10.4. The largest absolute Gasteiger partial charge is 0.493 e. The van der Waals surface area contributed by atoms with Crippen LogP contribution in [0.25, 0.3) is 0 Å². The summed E-state index contributed by atoms with van der Waals surface area (Å²) < 4.78 is 33.9. The van der Waals surface area contributed by atoms with Gasteiger partial charge in [0, 0.05) is 12.2 Å². The molecule has 1 aliphatic rings. The first-order valence-electron chi connectivity index (χ1n) is 10.1. The summed E-state index contributed by atoms with van der Waals surface area (Å²) in [7, 11) is -3.77. The first kappa shape index (κ1) is 21.4. The van der Waals surface area contributed by atoms with E-state index in [1.807, 2.05) is 17.5 Å². The molecule has 1 amide bonds. The summed E-state index contributed by atoms with van der Waals surface area (Å²) in [6.07, 6.45) is 0.747. The topological polar surface area (TPSA) is 75.7 Å². The standard InChI is InChI=1S/C23H24N2O4S2/c1-16(2)15-29-19-7-9-20(10-8-19)31(27,28)24-18-6-5-17-11-12-25(21(17)14-18)23(26)22-4-3-13-30-22/h3-10,13-14,16,24H,11-12,15H2,1-2H3. The molecule has 6 nitrogen and oxygen atoms in total. The number of benzene rings is 2. The van der Waals surface area contributed by atoms with Crippen LogP contribution in [0.2, 0.25) is 0 Å². The highest BCUT2D eigenvalue weighted by Gasteiger charge is 2.27. The third-order valence-electron chi connectivity index (χ3n) is 4.93. The Morgan fingerprint density at radius 2 is 1.94 bits per heavy atom. The van der Waals surface area contributed by atoms with Crippen LogP contribution < -0.4 is 14.4 Å². The van der Waals surface area contributed by atoms with Crippen LogP contribution in [0.5, 0.6) is 5.75 Å². The highest BCUT2D eigenvalue weighted by atomic mass is 32.2. The number of carbonyl (C=O) groups is 1. The number of hydrogen-bond acceptors (Lipinski definition) is 5. The fraction of sp³-hybridized carbons (Fsp3) is 0.261. The van der Waals surface area contributed by atoms with Gasteiger partial charge in [0.05, 0.1) is 22.1 Å². The van der Waals surface area contributed by atoms with Gasteiger partial charge in [-0.15, -0.1) is 11.3 Å². The highest BCUT2D eigenvalue weighted by molar-refractivity contribution is 7.92. The van der Waals surface area contributed by atoms with Gasteiger partial charge >= 0.3 is 0 Å². The molecule has 8 heteroatoms. The molecule has 0 saturated carbocycles. The molecule has 3 aromatic rings. The van der Waals surface area contributed by atoms with Crippen LogP contribution in [0, 0.1) is 5.92 Å². The van der Waals surface area contributed by atoms with Crippen LogP contribution >= 0.6 is 11.3 Å². The minimum absolute atomic E-state index is 0.0641. The van der Waals surface area contributed by atoms with Crippen molar-refractivity contribution in [1.29, 1.82) is 0 Å². The second kappa shape index (κ2) is 8.72. The molecule has 0 saturated heterocycles. The van der Waals surface area contributed by atoms with E-state index in [4.69, 9.17) is 4.74 Å². The van der Waals surface area contributed by atoms with Crippen molar-refractivity contribution in [3.05, 3.63) is 70.4 Å². The second-order valence-electron chi connectivity index (χ2n) is 7.81. The van der Waals surface area contributed by atoms with Crippen molar-refractivity contribution >= 4 is 38.6 Å².